The minimum Gasteiger partial charge on any atom is -0.383 e. The lowest BCUT2D eigenvalue weighted by molar-refractivity contribution is 0.0284. The van der Waals surface area contributed by atoms with Gasteiger partial charge in [0.2, 0.25) is 0 Å². The van der Waals surface area contributed by atoms with E-state index < -0.39 is 5.60 Å². The summed E-state index contributed by atoms with van der Waals surface area (Å²) in [6, 6.07) is 23.5. The smallest absolute Gasteiger partial charge is 0.109 e. The van der Waals surface area contributed by atoms with Gasteiger partial charge in [-0.05, 0) is 49.6 Å². The van der Waals surface area contributed by atoms with E-state index >= 15 is 0 Å². The molecule has 148 valence electrons. The fourth-order valence-electron chi connectivity index (χ4n) is 5.03. The molecule has 0 amide bonds. The van der Waals surface area contributed by atoms with Gasteiger partial charge in [0.1, 0.15) is 5.60 Å². The molecule has 0 radical (unpaired) electrons. The summed E-state index contributed by atoms with van der Waals surface area (Å²) in [4.78, 5) is 4.90. The first-order chi connectivity index (χ1) is 13.9. The van der Waals surface area contributed by atoms with Crippen molar-refractivity contribution < 1.29 is 5.11 Å². The molecule has 3 nitrogen and oxygen atoms in total. The zero-order valence-corrected chi connectivity index (χ0v) is 17.4. The van der Waals surface area contributed by atoms with Crippen molar-refractivity contribution in [3.63, 3.8) is 0 Å². The van der Waals surface area contributed by atoms with Gasteiger partial charge < -0.3 is 14.9 Å². The second-order valence-corrected chi connectivity index (χ2v) is 8.80. The second kappa shape index (κ2) is 6.64. The van der Waals surface area contributed by atoms with Crippen LogP contribution in [0.2, 0.25) is 0 Å². The highest BCUT2D eigenvalue weighted by Crippen LogP contribution is 2.42. The van der Waals surface area contributed by atoms with E-state index in [1.807, 2.05) is 37.3 Å². The van der Waals surface area contributed by atoms with Gasteiger partial charge in [-0.25, -0.2) is 0 Å². The molecule has 3 aromatic rings. The largest absolute Gasteiger partial charge is 0.383 e. The Morgan fingerprint density at radius 1 is 0.828 bits per heavy atom. The van der Waals surface area contributed by atoms with Gasteiger partial charge in [0.05, 0.1) is 6.04 Å². The molecule has 2 aliphatic rings. The Balaban J connectivity index is 1.69. The van der Waals surface area contributed by atoms with E-state index in [0.29, 0.717) is 0 Å². The average Bonchev–Trinajstić information content (AvgIpc) is 2.95. The van der Waals surface area contributed by atoms with Crippen LogP contribution in [0.3, 0.4) is 0 Å². The molecule has 2 atom stereocenters. The standard InChI is InChI=1S/C26H28N2O/c1-18-9-11-23-21(14-18)16-28-24-12-10-19(2)13-20(24)15-27(23)17-25(28)26(3,29)22-7-5-4-6-8-22/h4-14,25,29H,15-17H2,1-3H3/t25?,26-/m1/s1. The molecule has 0 saturated carbocycles. The fourth-order valence-corrected chi connectivity index (χ4v) is 5.03. The molecular weight excluding hydrogens is 356 g/mol. The van der Waals surface area contributed by atoms with Crippen molar-refractivity contribution in [3.05, 3.63) is 94.5 Å². The number of anilines is 2. The van der Waals surface area contributed by atoms with E-state index in [1.54, 1.807) is 0 Å². The molecule has 5 rings (SSSR count). The van der Waals surface area contributed by atoms with Gasteiger partial charge in [-0.2, -0.15) is 0 Å². The number of nitrogens with zero attached hydrogens (tertiary/aromatic N) is 2. The third kappa shape index (κ3) is 3.01. The van der Waals surface area contributed by atoms with Crippen LogP contribution in [0.15, 0.2) is 66.7 Å². The summed E-state index contributed by atoms with van der Waals surface area (Å²) in [5, 5.41) is 11.8. The highest BCUT2D eigenvalue weighted by atomic mass is 16.3. The third-order valence-corrected chi connectivity index (χ3v) is 6.60. The van der Waals surface area contributed by atoms with Crippen LogP contribution in [0.25, 0.3) is 0 Å². The minimum atomic E-state index is -0.969. The molecule has 3 aromatic carbocycles. The first-order valence-corrected chi connectivity index (χ1v) is 10.4. The minimum absolute atomic E-state index is 0.0541. The predicted octanol–water partition coefficient (Wildman–Crippen LogP) is 4.92. The van der Waals surface area contributed by atoms with Gasteiger partial charge in [-0.15, -0.1) is 0 Å². The summed E-state index contributed by atoms with van der Waals surface area (Å²) < 4.78 is 0. The zero-order chi connectivity index (χ0) is 20.2. The topological polar surface area (TPSA) is 26.7 Å². The Morgan fingerprint density at radius 3 is 2.14 bits per heavy atom. The molecule has 29 heavy (non-hydrogen) atoms. The van der Waals surface area contributed by atoms with E-state index in [0.717, 1.165) is 25.2 Å². The van der Waals surface area contributed by atoms with Crippen molar-refractivity contribution in [1.82, 2.24) is 0 Å². The summed E-state index contributed by atoms with van der Waals surface area (Å²) in [5.41, 5.74) is 7.76. The van der Waals surface area contributed by atoms with Crippen LogP contribution < -0.4 is 9.80 Å². The molecule has 0 aromatic heterocycles. The Morgan fingerprint density at radius 2 is 1.45 bits per heavy atom. The number of aryl methyl sites for hydroxylation is 2. The summed E-state index contributed by atoms with van der Waals surface area (Å²) >= 11 is 0. The fraction of sp³-hybridized carbons (Fsp3) is 0.308. The molecule has 0 spiro atoms. The van der Waals surface area contributed by atoms with Gasteiger partial charge in [-0.1, -0.05) is 65.7 Å². The first-order valence-electron chi connectivity index (χ1n) is 10.4. The van der Waals surface area contributed by atoms with E-state index in [-0.39, 0.29) is 6.04 Å². The molecule has 2 bridgehead atoms. The van der Waals surface area contributed by atoms with Crippen LogP contribution in [0.4, 0.5) is 11.4 Å². The van der Waals surface area contributed by atoms with Crippen LogP contribution in [-0.2, 0) is 18.7 Å². The van der Waals surface area contributed by atoms with Gasteiger partial charge in [0.15, 0.2) is 0 Å². The van der Waals surface area contributed by atoms with Crippen molar-refractivity contribution in [3.8, 4) is 0 Å². The number of aliphatic hydroxyl groups is 1. The van der Waals surface area contributed by atoms with Crippen molar-refractivity contribution in [1.29, 1.82) is 0 Å². The quantitative estimate of drug-likeness (QED) is 0.679. The Kier molecular flexibility index (Phi) is 4.18. The van der Waals surface area contributed by atoms with Crippen molar-refractivity contribution in [2.75, 3.05) is 16.3 Å². The van der Waals surface area contributed by atoms with E-state index in [4.69, 9.17) is 0 Å². The maximum Gasteiger partial charge on any atom is 0.109 e. The second-order valence-electron chi connectivity index (χ2n) is 8.80. The highest BCUT2D eigenvalue weighted by Gasteiger charge is 2.43. The summed E-state index contributed by atoms with van der Waals surface area (Å²) in [5.74, 6) is 0. The number of hydrogen-bond donors (Lipinski definition) is 1. The molecule has 2 heterocycles. The van der Waals surface area contributed by atoms with Crippen LogP contribution >= 0.6 is 0 Å². The predicted molar refractivity (Wildman–Crippen MR) is 119 cm³/mol. The molecule has 0 fully saturated rings. The summed E-state index contributed by atoms with van der Waals surface area (Å²) in [6.07, 6.45) is 0. The van der Waals surface area contributed by atoms with Gasteiger partial charge >= 0.3 is 0 Å². The van der Waals surface area contributed by atoms with Gasteiger partial charge in [0.25, 0.3) is 0 Å². The lowest BCUT2D eigenvalue weighted by Gasteiger charge is -2.41. The number of rotatable bonds is 2. The highest BCUT2D eigenvalue weighted by molar-refractivity contribution is 5.67. The summed E-state index contributed by atoms with van der Waals surface area (Å²) in [6.45, 7) is 8.73. The van der Waals surface area contributed by atoms with Gasteiger partial charge in [0, 0.05) is 31.0 Å². The molecule has 0 saturated heterocycles. The van der Waals surface area contributed by atoms with E-state index in [1.165, 1.54) is 33.6 Å². The zero-order valence-electron chi connectivity index (χ0n) is 17.4. The number of fused-ring (bicyclic) bond motifs is 7. The van der Waals surface area contributed by atoms with Crippen LogP contribution in [0.1, 0.15) is 34.7 Å². The Hall–Kier alpha value is -2.78. The maximum atomic E-state index is 11.8. The molecule has 1 N–H and O–H groups in total. The molecule has 1 unspecified atom stereocenters. The van der Waals surface area contributed by atoms with E-state index in [9.17, 15) is 5.11 Å². The summed E-state index contributed by atoms with van der Waals surface area (Å²) in [7, 11) is 0. The van der Waals surface area contributed by atoms with Crippen molar-refractivity contribution in [2.45, 2.75) is 45.5 Å². The van der Waals surface area contributed by atoms with Crippen molar-refractivity contribution in [2.24, 2.45) is 0 Å². The lowest BCUT2D eigenvalue weighted by atomic mass is 9.86. The van der Waals surface area contributed by atoms with Crippen molar-refractivity contribution >= 4 is 11.4 Å². The number of hydrogen-bond acceptors (Lipinski definition) is 3. The third-order valence-electron chi connectivity index (χ3n) is 6.60. The SMILES string of the molecule is Cc1ccc2c(c1)CN1c3ccc(C)cc3CN2CC1[C@](C)(O)c1ccccc1. The van der Waals surface area contributed by atoms with Gasteiger partial charge in [-0.3, -0.25) is 0 Å². The lowest BCUT2D eigenvalue weighted by Crippen LogP contribution is -2.52. The van der Waals surface area contributed by atoms with Crippen LogP contribution in [0.5, 0.6) is 0 Å². The Labute approximate surface area is 173 Å². The average molecular weight is 385 g/mol. The van der Waals surface area contributed by atoms with Crippen LogP contribution in [0, 0.1) is 13.8 Å². The van der Waals surface area contributed by atoms with E-state index in [2.05, 4.69) is 60.0 Å². The normalized spacial score (nSPS) is 19.8. The molecular formula is C26H28N2O. The number of benzene rings is 3. The van der Waals surface area contributed by atoms with Crippen LogP contribution in [-0.4, -0.2) is 17.7 Å². The maximum absolute atomic E-state index is 11.8. The molecule has 2 aliphatic heterocycles. The molecule has 0 aliphatic carbocycles. The Bertz CT molecular complexity index is 1060. The monoisotopic (exact) mass is 384 g/mol. The first kappa shape index (κ1) is 18.3. The molecule has 3 heteroatoms.